The molecule has 35 heavy (non-hydrogen) atoms. The summed E-state index contributed by atoms with van der Waals surface area (Å²) in [5.41, 5.74) is 1.10. The number of carbonyl (C=O) groups is 1. The normalized spacial score (nSPS) is 10.9. The van der Waals surface area contributed by atoms with E-state index in [4.69, 9.17) is 14.2 Å². The maximum Gasteiger partial charge on any atom is 0.264 e. The van der Waals surface area contributed by atoms with Crippen LogP contribution in [0.3, 0.4) is 0 Å². The van der Waals surface area contributed by atoms with Gasteiger partial charge in [-0.25, -0.2) is 14.1 Å². The zero-order chi connectivity index (χ0) is 24.9. The van der Waals surface area contributed by atoms with Gasteiger partial charge in [0.1, 0.15) is 17.5 Å². The predicted octanol–water partition coefficient (Wildman–Crippen LogP) is 2.24. The molecule has 4 rings (SSSR count). The Morgan fingerprint density at radius 1 is 1.09 bits per heavy atom. The van der Waals surface area contributed by atoms with Gasteiger partial charge in [-0.1, -0.05) is 12.1 Å². The van der Waals surface area contributed by atoms with Crippen LogP contribution in [0, 0.1) is 5.82 Å². The summed E-state index contributed by atoms with van der Waals surface area (Å²) < 4.78 is 32.2. The van der Waals surface area contributed by atoms with Gasteiger partial charge in [0.2, 0.25) is 5.75 Å². The average molecular weight is 481 g/mol. The van der Waals surface area contributed by atoms with Crippen molar-refractivity contribution in [2.45, 2.75) is 13.1 Å². The van der Waals surface area contributed by atoms with Gasteiger partial charge in [-0.15, -0.1) is 0 Å². The molecule has 182 valence electrons. The van der Waals surface area contributed by atoms with E-state index in [2.05, 4.69) is 15.4 Å². The van der Waals surface area contributed by atoms with Gasteiger partial charge in [0.15, 0.2) is 17.1 Å². The maximum atomic E-state index is 13.5. The molecule has 2 aromatic carbocycles. The Balaban J connectivity index is 1.46. The van der Waals surface area contributed by atoms with Gasteiger partial charge >= 0.3 is 0 Å². The van der Waals surface area contributed by atoms with Crippen LogP contribution in [0.4, 0.5) is 4.39 Å². The molecule has 10 nitrogen and oxygen atoms in total. The Labute approximate surface area is 199 Å². The number of ether oxygens (including phenoxy) is 3. The maximum absolute atomic E-state index is 13.5. The number of rotatable bonds is 9. The van der Waals surface area contributed by atoms with Crippen LogP contribution in [0.15, 0.2) is 53.7 Å². The lowest BCUT2D eigenvalue weighted by Crippen LogP contribution is -2.28. The fraction of sp³-hybridized carbons (Fsp3) is 0.250. The van der Waals surface area contributed by atoms with Crippen molar-refractivity contribution >= 4 is 16.9 Å². The second-order valence-electron chi connectivity index (χ2n) is 7.58. The van der Waals surface area contributed by atoms with Crippen molar-refractivity contribution in [3.63, 3.8) is 0 Å². The van der Waals surface area contributed by atoms with Crippen LogP contribution in [0.2, 0.25) is 0 Å². The number of amides is 1. The van der Waals surface area contributed by atoms with Crippen molar-refractivity contribution in [2.75, 3.05) is 27.9 Å². The third-order valence-corrected chi connectivity index (χ3v) is 5.40. The molecule has 0 saturated carbocycles. The molecule has 2 heterocycles. The lowest BCUT2D eigenvalue weighted by molar-refractivity contribution is 0.0951. The highest BCUT2D eigenvalue weighted by Gasteiger charge is 2.17. The predicted molar refractivity (Wildman–Crippen MR) is 126 cm³/mol. The number of nitrogens with one attached hydrogen (secondary N) is 1. The Morgan fingerprint density at radius 3 is 2.49 bits per heavy atom. The van der Waals surface area contributed by atoms with Gasteiger partial charge in [0, 0.05) is 12.1 Å². The van der Waals surface area contributed by atoms with Crippen LogP contribution in [-0.4, -0.2) is 53.1 Å². The number of hydrogen-bond donors (Lipinski definition) is 1. The molecule has 4 aromatic rings. The Kier molecular flexibility index (Phi) is 6.95. The van der Waals surface area contributed by atoms with Gasteiger partial charge in [-0.2, -0.15) is 5.10 Å². The van der Waals surface area contributed by atoms with E-state index in [9.17, 15) is 14.0 Å². The van der Waals surface area contributed by atoms with Crippen LogP contribution in [0.1, 0.15) is 15.9 Å². The average Bonchev–Trinajstić information content (AvgIpc) is 3.28. The van der Waals surface area contributed by atoms with Gasteiger partial charge in [-0.3, -0.25) is 14.2 Å². The van der Waals surface area contributed by atoms with Crippen LogP contribution in [0.5, 0.6) is 17.2 Å². The second kappa shape index (κ2) is 10.2. The first-order valence-corrected chi connectivity index (χ1v) is 10.7. The van der Waals surface area contributed by atoms with Crippen molar-refractivity contribution in [3.05, 3.63) is 76.2 Å². The first-order chi connectivity index (χ1) is 16.9. The highest BCUT2D eigenvalue weighted by atomic mass is 19.1. The SMILES string of the molecule is COc1cc(C(=O)NCCn2ncc3c(=O)n(Cc4cccc(F)c4)cnc32)cc(OC)c1OC. The summed E-state index contributed by atoms with van der Waals surface area (Å²) >= 11 is 0. The Bertz CT molecular complexity index is 1410. The van der Waals surface area contributed by atoms with Crippen molar-refractivity contribution in [1.82, 2.24) is 24.6 Å². The van der Waals surface area contributed by atoms with Gasteiger partial charge in [0.25, 0.3) is 11.5 Å². The second-order valence-corrected chi connectivity index (χ2v) is 7.58. The van der Waals surface area contributed by atoms with E-state index < -0.39 is 0 Å². The van der Waals surface area contributed by atoms with E-state index in [1.165, 1.54) is 50.6 Å². The third-order valence-electron chi connectivity index (χ3n) is 5.40. The number of halogens is 1. The molecule has 1 N–H and O–H groups in total. The number of nitrogens with zero attached hydrogens (tertiary/aromatic N) is 4. The first-order valence-electron chi connectivity index (χ1n) is 10.7. The summed E-state index contributed by atoms with van der Waals surface area (Å²) in [4.78, 5) is 29.9. The summed E-state index contributed by atoms with van der Waals surface area (Å²) in [5, 5.41) is 7.38. The topological polar surface area (TPSA) is 110 Å². The molecule has 0 bridgehead atoms. The Hall–Kier alpha value is -4.41. The van der Waals surface area contributed by atoms with E-state index >= 15 is 0 Å². The number of aromatic nitrogens is 4. The fourth-order valence-electron chi connectivity index (χ4n) is 3.70. The van der Waals surface area contributed by atoms with Crippen LogP contribution < -0.4 is 25.1 Å². The van der Waals surface area contributed by atoms with Crippen LogP contribution >= 0.6 is 0 Å². The van der Waals surface area contributed by atoms with Crippen LogP contribution in [-0.2, 0) is 13.1 Å². The molecular weight excluding hydrogens is 457 g/mol. The molecule has 0 radical (unpaired) electrons. The lowest BCUT2D eigenvalue weighted by Gasteiger charge is -2.14. The standard InChI is InChI=1S/C24H24FN5O5/c1-33-19-10-16(11-20(34-2)21(19)35-3)23(31)26-7-8-30-22-18(12-28-30)24(32)29(14-27-22)13-15-5-4-6-17(25)9-15/h4-6,9-12,14H,7-8,13H2,1-3H3,(H,26,31). The number of carbonyl (C=O) groups excluding carboxylic acids is 1. The molecule has 2 aromatic heterocycles. The van der Waals surface area contributed by atoms with E-state index in [0.717, 1.165) is 0 Å². The molecule has 0 atom stereocenters. The molecular formula is C24H24FN5O5. The van der Waals surface area contributed by atoms with E-state index in [1.54, 1.807) is 28.9 Å². The van der Waals surface area contributed by atoms with E-state index in [-0.39, 0.29) is 30.4 Å². The summed E-state index contributed by atoms with van der Waals surface area (Å²) in [7, 11) is 4.43. The van der Waals surface area contributed by atoms with Crippen molar-refractivity contribution < 1.29 is 23.4 Å². The van der Waals surface area contributed by atoms with Crippen molar-refractivity contribution in [3.8, 4) is 17.2 Å². The molecule has 11 heteroatoms. The molecule has 0 unspecified atom stereocenters. The minimum Gasteiger partial charge on any atom is -0.493 e. The molecule has 0 aliphatic rings. The number of hydrogen-bond acceptors (Lipinski definition) is 7. The van der Waals surface area contributed by atoms with Gasteiger partial charge in [0.05, 0.1) is 40.6 Å². The summed E-state index contributed by atoms with van der Waals surface area (Å²) in [6.07, 6.45) is 2.84. The smallest absolute Gasteiger partial charge is 0.264 e. The van der Waals surface area contributed by atoms with E-state index in [0.29, 0.717) is 46.0 Å². The molecule has 0 saturated heterocycles. The quantitative estimate of drug-likeness (QED) is 0.390. The summed E-state index contributed by atoms with van der Waals surface area (Å²) in [5.74, 6) is 0.420. The third kappa shape index (κ3) is 4.93. The highest BCUT2D eigenvalue weighted by Crippen LogP contribution is 2.38. The minimum atomic E-state index is -0.369. The summed E-state index contributed by atoms with van der Waals surface area (Å²) in [6.45, 7) is 0.718. The van der Waals surface area contributed by atoms with Gasteiger partial charge < -0.3 is 19.5 Å². The Morgan fingerprint density at radius 2 is 1.83 bits per heavy atom. The zero-order valence-electron chi connectivity index (χ0n) is 19.4. The fourth-order valence-corrected chi connectivity index (χ4v) is 3.70. The molecule has 0 fully saturated rings. The summed E-state index contributed by atoms with van der Waals surface area (Å²) in [6, 6.07) is 9.16. The van der Waals surface area contributed by atoms with Crippen molar-refractivity contribution in [1.29, 1.82) is 0 Å². The number of benzene rings is 2. The zero-order valence-corrected chi connectivity index (χ0v) is 19.4. The molecule has 1 amide bonds. The number of fused-ring (bicyclic) bond motifs is 1. The molecule has 0 spiro atoms. The first kappa shape index (κ1) is 23.7. The van der Waals surface area contributed by atoms with Crippen molar-refractivity contribution in [2.24, 2.45) is 0 Å². The highest BCUT2D eigenvalue weighted by molar-refractivity contribution is 5.95. The van der Waals surface area contributed by atoms with Gasteiger partial charge in [-0.05, 0) is 29.8 Å². The van der Waals surface area contributed by atoms with E-state index in [1.807, 2.05) is 0 Å². The minimum absolute atomic E-state index is 0.190. The largest absolute Gasteiger partial charge is 0.493 e. The van der Waals surface area contributed by atoms with Crippen LogP contribution in [0.25, 0.3) is 11.0 Å². The lowest BCUT2D eigenvalue weighted by atomic mass is 10.1. The molecule has 0 aliphatic heterocycles. The molecule has 0 aliphatic carbocycles. The number of methoxy groups -OCH3 is 3. The monoisotopic (exact) mass is 481 g/mol.